The van der Waals surface area contributed by atoms with Crippen LogP contribution in [-0.2, 0) is 6.42 Å². The van der Waals surface area contributed by atoms with Crippen molar-refractivity contribution >= 4 is 37.8 Å². The normalized spacial score (nSPS) is 10.6. The van der Waals surface area contributed by atoms with Crippen molar-refractivity contribution in [3.8, 4) is 5.69 Å². The average Bonchev–Trinajstić information content (AvgIpc) is 2.39. The molecule has 0 radical (unpaired) electrons. The minimum absolute atomic E-state index is 0.409. The Kier molecular flexibility index (Phi) is 4.39. The Morgan fingerprint density at radius 3 is 2.65 bits per heavy atom. The van der Waals surface area contributed by atoms with Crippen LogP contribution in [0.5, 0.6) is 0 Å². The molecule has 0 saturated carbocycles. The van der Waals surface area contributed by atoms with Gasteiger partial charge in [0.2, 0.25) is 11.1 Å². The number of hydrogen-bond acceptors (Lipinski definition) is 3. The predicted octanol–water partition coefficient (Wildman–Crippen LogP) is 3.02. The second kappa shape index (κ2) is 5.88. The van der Waals surface area contributed by atoms with Gasteiger partial charge in [0.15, 0.2) is 0 Å². The number of carboxylic acid groups (broad SMARTS) is 1. The smallest absolute Gasteiger partial charge is 0.360 e. The molecule has 5 nitrogen and oxygen atoms in total. The number of hydrogen-bond donors (Lipinski definition) is 1. The first-order chi connectivity index (χ1) is 9.43. The Morgan fingerprint density at radius 1 is 1.40 bits per heavy atom. The van der Waals surface area contributed by atoms with Crippen LogP contribution in [0.3, 0.4) is 0 Å². The third-order valence-corrected chi connectivity index (χ3v) is 3.86. The summed E-state index contributed by atoms with van der Waals surface area (Å²) in [7, 11) is 0. The van der Waals surface area contributed by atoms with E-state index < -0.39 is 17.1 Å². The Hall–Kier alpha value is -1.47. The lowest BCUT2D eigenvalue weighted by atomic mass is 10.2. The number of carboxylic acids is 1. The van der Waals surface area contributed by atoms with Crippen LogP contribution in [-0.4, -0.2) is 20.9 Å². The minimum atomic E-state index is -1.33. The van der Waals surface area contributed by atoms with E-state index in [-0.39, 0.29) is 0 Å². The van der Waals surface area contributed by atoms with Gasteiger partial charge in [-0.3, -0.25) is 4.79 Å². The van der Waals surface area contributed by atoms with E-state index in [0.717, 1.165) is 8.95 Å². The summed E-state index contributed by atoms with van der Waals surface area (Å²) in [5.74, 6) is -1.33. The molecule has 0 spiro atoms. The van der Waals surface area contributed by atoms with Gasteiger partial charge in [-0.25, -0.2) is 9.48 Å². The summed E-state index contributed by atoms with van der Waals surface area (Å²) in [5, 5.41) is 13.0. The Balaban J connectivity index is 2.71. The molecule has 2 rings (SSSR count). The Morgan fingerprint density at radius 2 is 2.10 bits per heavy atom. The largest absolute Gasteiger partial charge is 0.476 e. The van der Waals surface area contributed by atoms with E-state index >= 15 is 0 Å². The second-order valence-electron chi connectivity index (χ2n) is 4.03. The molecule has 1 N–H and O–H groups in total. The molecule has 0 aliphatic carbocycles. The predicted molar refractivity (Wildman–Crippen MR) is 81.6 cm³/mol. The molecular formula is C13H10Br2N2O3. The van der Waals surface area contributed by atoms with Crippen molar-refractivity contribution in [1.82, 2.24) is 9.78 Å². The summed E-state index contributed by atoms with van der Waals surface area (Å²) in [6.45, 7) is 1.79. The van der Waals surface area contributed by atoms with Gasteiger partial charge in [0.05, 0.1) is 5.69 Å². The third kappa shape index (κ3) is 2.83. The van der Waals surface area contributed by atoms with Gasteiger partial charge in [-0.05, 0) is 40.5 Å². The molecule has 0 fully saturated rings. The number of aromatic nitrogens is 2. The van der Waals surface area contributed by atoms with Crippen LogP contribution in [0.1, 0.15) is 23.0 Å². The van der Waals surface area contributed by atoms with Gasteiger partial charge in [-0.15, -0.1) is 0 Å². The molecule has 20 heavy (non-hydrogen) atoms. The molecule has 2 aromatic rings. The molecule has 0 aliphatic heterocycles. The molecular weight excluding hydrogens is 392 g/mol. The van der Waals surface area contributed by atoms with Crippen molar-refractivity contribution in [3.05, 3.63) is 54.8 Å². The summed E-state index contributed by atoms with van der Waals surface area (Å²) in [4.78, 5) is 23.0. The molecule has 0 saturated heterocycles. The van der Waals surface area contributed by atoms with E-state index in [9.17, 15) is 9.59 Å². The summed E-state index contributed by atoms with van der Waals surface area (Å²) in [6, 6.07) is 5.41. The highest BCUT2D eigenvalue weighted by Crippen LogP contribution is 2.24. The van der Waals surface area contributed by atoms with Crippen molar-refractivity contribution in [2.45, 2.75) is 13.3 Å². The number of halogens is 2. The quantitative estimate of drug-likeness (QED) is 0.857. The highest BCUT2D eigenvalue weighted by atomic mass is 79.9. The zero-order valence-electron chi connectivity index (χ0n) is 10.4. The summed E-state index contributed by atoms with van der Waals surface area (Å²) < 4.78 is 3.02. The van der Waals surface area contributed by atoms with E-state index in [4.69, 9.17) is 5.11 Å². The maximum absolute atomic E-state index is 11.9. The lowest BCUT2D eigenvalue weighted by Crippen LogP contribution is -2.24. The topological polar surface area (TPSA) is 72.2 Å². The molecule has 0 bridgehead atoms. The maximum atomic E-state index is 11.9. The molecule has 0 amide bonds. The Bertz CT molecular complexity index is 741. The van der Waals surface area contributed by atoms with Crippen LogP contribution in [0.15, 0.2) is 38.1 Å². The lowest BCUT2D eigenvalue weighted by Gasteiger charge is -2.10. The first-order valence-electron chi connectivity index (χ1n) is 5.75. The lowest BCUT2D eigenvalue weighted by molar-refractivity contribution is 0.0686. The van der Waals surface area contributed by atoms with Crippen molar-refractivity contribution in [1.29, 1.82) is 0 Å². The zero-order valence-corrected chi connectivity index (χ0v) is 13.6. The summed E-state index contributed by atoms with van der Waals surface area (Å²) >= 11 is 6.74. The number of aromatic carboxylic acids is 1. The number of aryl methyl sites for hydroxylation is 1. The van der Waals surface area contributed by atoms with Crippen molar-refractivity contribution in [2.75, 3.05) is 0 Å². The molecule has 1 aromatic heterocycles. The maximum Gasteiger partial charge on any atom is 0.360 e. The SMILES string of the molecule is CCc1cn(-c2ccc(Br)cc2Br)nc(C(=O)O)c1=O. The molecule has 1 aromatic carbocycles. The number of benzene rings is 1. The fourth-order valence-electron chi connectivity index (χ4n) is 1.72. The van der Waals surface area contributed by atoms with Crippen LogP contribution in [0.2, 0.25) is 0 Å². The second-order valence-corrected chi connectivity index (χ2v) is 5.80. The van der Waals surface area contributed by atoms with E-state index in [1.165, 1.54) is 4.68 Å². The van der Waals surface area contributed by atoms with Gasteiger partial charge in [-0.2, -0.15) is 5.10 Å². The first kappa shape index (κ1) is 14.9. The number of carbonyl (C=O) groups is 1. The monoisotopic (exact) mass is 400 g/mol. The van der Waals surface area contributed by atoms with E-state index in [0.29, 0.717) is 17.7 Å². The molecule has 0 atom stereocenters. The standard InChI is InChI=1S/C13H10Br2N2O3/c1-2-7-6-17(16-11(12(7)18)13(19)20)10-4-3-8(14)5-9(10)15/h3-6H,2H2,1H3,(H,19,20). The summed E-state index contributed by atoms with van der Waals surface area (Å²) in [6.07, 6.45) is 2.00. The Labute approximate surface area is 131 Å². The van der Waals surface area contributed by atoms with Gasteiger partial charge in [-0.1, -0.05) is 22.9 Å². The van der Waals surface area contributed by atoms with Crippen molar-refractivity contribution in [2.24, 2.45) is 0 Å². The third-order valence-electron chi connectivity index (χ3n) is 2.73. The van der Waals surface area contributed by atoms with Gasteiger partial charge in [0, 0.05) is 20.7 Å². The molecule has 1 heterocycles. The van der Waals surface area contributed by atoms with E-state index in [1.54, 1.807) is 19.2 Å². The molecule has 0 unspecified atom stereocenters. The van der Waals surface area contributed by atoms with Crippen molar-refractivity contribution < 1.29 is 9.90 Å². The summed E-state index contributed by atoms with van der Waals surface area (Å²) in [5.41, 5.74) is 0.0567. The highest BCUT2D eigenvalue weighted by molar-refractivity contribution is 9.11. The van der Waals surface area contributed by atoms with Gasteiger partial charge >= 0.3 is 5.97 Å². The fraction of sp³-hybridized carbons (Fsp3) is 0.154. The fourth-order valence-corrected chi connectivity index (χ4v) is 2.95. The van der Waals surface area contributed by atoms with E-state index in [1.807, 2.05) is 12.1 Å². The molecule has 7 heteroatoms. The molecule has 104 valence electrons. The number of rotatable bonds is 3. The van der Waals surface area contributed by atoms with Crippen LogP contribution in [0, 0.1) is 0 Å². The number of nitrogens with zero attached hydrogens (tertiary/aromatic N) is 2. The van der Waals surface area contributed by atoms with Gasteiger partial charge in [0.25, 0.3) is 0 Å². The average molecular weight is 402 g/mol. The zero-order chi connectivity index (χ0) is 14.9. The minimum Gasteiger partial charge on any atom is -0.476 e. The van der Waals surface area contributed by atoms with E-state index in [2.05, 4.69) is 37.0 Å². The van der Waals surface area contributed by atoms with Crippen LogP contribution >= 0.6 is 31.9 Å². The van der Waals surface area contributed by atoms with Gasteiger partial charge < -0.3 is 5.11 Å². The van der Waals surface area contributed by atoms with Crippen molar-refractivity contribution in [3.63, 3.8) is 0 Å². The van der Waals surface area contributed by atoms with Crippen LogP contribution < -0.4 is 5.43 Å². The van der Waals surface area contributed by atoms with Gasteiger partial charge in [0.1, 0.15) is 0 Å². The first-order valence-corrected chi connectivity index (χ1v) is 7.34. The van der Waals surface area contributed by atoms with Crippen LogP contribution in [0.4, 0.5) is 0 Å². The molecule has 0 aliphatic rings. The van der Waals surface area contributed by atoms with Crippen LogP contribution in [0.25, 0.3) is 5.69 Å². The highest BCUT2D eigenvalue weighted by Gasteiger charge is 2.16.